The van der Waals surface area contributed by atoms with Gasteiger partial charge >= 0.3 is 5.97 Å². The smallest absolute Gasteiger partial charge is 0.361 e. The van der Waals surface area contributed by atoms with Crippen LogP contribution < -0.4 is 17.0 Å². The summed E-state index contributed by atoms with van der Waals surface area (Å²) in [7, 11) is 0. The Labute approximate surface area is 126 Å². The van der Waals surface area contributed by atoms with E-state index in [2.05, 4.69) is 0 Å². The van der Waals surface area contributed by atoms with Gasteiger partial charge in [-0.25, -0.2) is 4.79 Å². The summed E-state index contributed by atoms with van der Waals surface area (Å²) in [6.45, 7) is 5.27. The van der Waals surface area contributed by atoms with E-state index in [9.17, 15) is 9.90 Å². The Morgan fingerprint density at radius 1 is 1.26 bits per heavy atom. The minimum atomic E-state index is -0.0667. The second kappa shape index (κ2) is 7.60. The van der Waals surface area contributed by atoms with E-state index in [1.807, 2.05) is 6.92 Å². The number of carbonyl (C=O) groups is 1. The van der Waals surface area contributed by atoms with Crippen LogP contribution in [-0.2, 0) is 9.53 Å². The molecule has 0 bridgehead atoms. The molecule has 2 saturated heterocycles. The van der Waals surface area contributed by atoms with E-state index in [1.54, 1.807) is 0 Å². The van der Waals surface area contributed by atoms with Gasteiger partial charge in [-0.15, -0.1) is 0 Å². The molecule has 0 aromatic heterocycles. The summed E-state index contributed by atoms with van der Waals surface area (Å²) in [5, 5.41) is 9.56. The van der Waals surface area contributed by atoms with Crippen molar-refractivity contribution in [3.8, 4) is 0 Å². The molecule has 0 radical (unpaired) electrons. The van der Waals surface area contributed by atoms with E-state index in [4.69, 9.17) is 4.74 Å². The van der Waals surface area contributed by atoms with E-state index >= 15 is 0 Å². The van der Waals surface area contributed by atoms with Crippen LogP contribution in [0, 0.1) is 5.92 Å². The number of carbonyl (C=O) groups excluding carboxylic acids is 1. The second-order valence-corrected chi connectivity index (χ2v) is 5.78. The molecular weight excluding hydrogens is 310 g/mol. The van der Waals surface area contributed by atoms with Gasteiger partial charge in [0.15, 0.2) is 6.54 Å². The molecule has 4 nitrogen and oxygen atoms in total. The van der Waals surface area contributed by atoms with Gasteiger partial charge in [0.25, 0.3) is 0 Å². The highest BCUT2D eigenvalue weighted by molar-refractivity contribution is 5.70. The van der Waals surface area contributed by atoms with E-state index in [0.717, 1.165) is 36.8 Å². The Bertz CT molecular complexity index is 296. The molecule has 2 rings (SSSR count). The number of nitrogens with zero attached hydrogens (tertiary/aromatic N) is 1. The fourth-order valence-electron chi connectivity index (χ4n) is 3.99. The number of ether oxygens (including phenoxy) is 1. The van der Waals surface area contributed by atoms with Gasteiger partial charge in [-0.1, -0.05) is 0 Å². The Morgan fingerprint density at radius 2 is 2.00 bits per heavy atom. The van der Waals surface area contributed by atoms with Crippen molar-refractivity contribution in [2.45, 2.75) is 45.1 Å². The highest BCUT2D eigenvalue weighted by Crippen LogP contribution is 2.37. The number of aliphatic hydroxyl groups excluding tert-OH is 1. The molecule has 0 amide bonds. The Kier molecular flexibility index (Phi) is 6.77. The van der Waals surface area contributed by atoms with E-state index in [0.29, 0.717) is 25.1 Å². The SMILES string of the molecule is CCOC(=O)C[N+]12CCCCC1C(CO)CCC2.[Br-]. The Balaban J connectivity index is 0.00000180. The van der Waals surface area contributed by atoms with Gasteiger partial charge in [0, 0.05) is 12.3 Å². The number of quaternary nitrogens is 1. The maximum absolute atomic E-state index is 11.9. The third-order valence-corrected chi connectivity index (χ3v) is 4.76. The topological polar surface area (TPSA) is 46.5 Å². The summed E-state index contributed by atoms with van der Waals surface area (Å²) < 4.78 is 6.02. The molecule has 1 N–H and O–H groups in total. The number of piperidine rings is 2. The highest BCUT2D eigenvalue weighted by atomic mass is 79.9. The molecule has 2 heterocycles. The number of aliphatic hydroxyl groups is 1. The van der Waals surface area contributed by atoms with Crippen LogP contribution >= 0.6 is 0 Å². The van der Waals surface area contributed by atoms with Crippen LogP contribution in [0.3, 0.4) is 0 Å². The van der Waals surface area contributed by atoms with Gasteiger partial charge in [0.05, 0.1) is 32.3 Å². The number of esters is 1. The van der Waals surface area contributed by atoms with Gasteiger partial charge in [-0.2, -0.15) is 0 Å². The normalized spacial score (nSPS) is 34.0. The fourth-order valence-corrected chi connectivity index (χ4v) is 3.99. The molecule has 19 heavy (non-hydrogen) atoms. The molecule has 0 saturated carbocycles. The van der Waals surface area contributed by atoms with Crippen molar-refractivity contribution >= 4 is 5.97 Å². The van der Waals surface area contributed by atoms with Crippen LogP contribution in [0.2, 0.25) is 0 Å². The van der Waals surface area contributed by atoms with Crippen molar-refractivity contribution in [3.05, 3.63) is 0 Å². The van der Waals surface area contributed by atoms with Crippen LogP contribution in [0.5, 0.6) is 0 Å². The molecular formula is C14H26BrNO3. The first-order valence-electron chi connectivity index (χ1n) is 7.34. The maximum Gasteiger partial charge on any atom is 0.361 e. The summed E-state index contributed by atoms with van der Waals surface area (Å²) in [6.07, 6.45) is 5.84. The lowest BCUT2D eigenvalue weighted by atomic mass is 9.81. The van der Waals surface area contributed by atoms with Crippen LogP contribution in [-0.4, -0.2) is 54.4 Å². The number of rotatable bonds is 4. The third-order valence-electron chi connectivity index (χ3n) is 4.76. The van der Waals surface area contributed by atoms with Crippen LogP contribution in [0.1, 0.15) is 39.0 Å². The van der Waals surface area contributed by atoms with Crippen molar-refractivity contribution < 1.29 is 36.1 Å². The zero-order valence-electron chi connectivity index (χ0n) is 11.8. The lowest BCUT2D eigenvalue weighted by Gasteiger charge is -2.52. The molecule has 3 unspecified atom stereocenters. The summed E-state index contributed by atoms with van der Waals surface area (Å²) >= 11 is 0. The average molecular weight is 336 g/mol. The zero-order valence-corrected chi connectivity index (χ0v) is 13.4. The first-order chi connectivity index (χ1) is 8.72. The maximum atomic E-state index is 11.9. The number of fused-ring (bicyclic) bond motifs is 1. The Morgan fingerprint density at radius 3 is 2.68 bits per heavy atom. The van der Waals surface area contributed by atoms with Crippen LogP contribution in [0.25, 0.3) is 0 Å². The average Bonchev–Trinajstić information content (AvgIpc) is 2.37. The molecule has 2 aliphatic heterocycles. The van der Waals surface area contributed by atoms with Crippen molar-refractivity contribution in [2.75, 3.05) is 32.8 Å². The molecule has 112 valence electrons. The monoisotopic (exact) mass is 335 g/mol. The van der Waals surface area contributed by atoms with Gasteiger partial charge in [-0.3, -0.25) is 0 Å². The fraction of sp³-hybridized carbons (Fsp3) is 0.929. The minimum Gasteiger partial charge on any atom is -1.00 e. The van der Waals surface area contributed by atoms with Gasteiger partial charge < -0.3 is 31.3 Å². The van der Waals surface area contributed by atoms with Crippen molar-refractivity contribution in [1.82, 2.24) is 0 Å². The molecule has 0 aromatic carbocycles. The third kappa shape index (κ3) is 3.70. The molecule has 2 aliphatic rings. The number of hydrogen-bond donors (Lipinski definition) is 1. The largest absolute Gasteiger partial charge is 1.00 e. The van der Waals surface area contributed by atoms with E-state index in [1.165, 1.54) is 12.8 Å². The molecule has 2 fully saturated rings. The molecule has 5 heteroatoms. The predicted octanol–water partition coefficient (Wildman–Crippen LogP) is -1.67. The first kappa shape index (κ1) is 16.9. The Hall–Kier alpha value is -0.130. The van der Waals surface area contributed by atoms with E-state index in [-0.39, 0.29) is 29.6 Å². The van der Waals surface area contributed by atoms with Gasteiger partial charge in [0.2, 0.25) is 0 Å². The quantitative estimate of drug-likeness (QED) is 0.493. The number of hydrogen-bond acceptors (Lipinski definition) is 3. The first-order valence-corrected chi connectivity index (χ1v) is 7.34. The lowest BCUT2D eigenvalue weighted by molar-refractivity contribution is -0.958. The number of halogens is 1. The standard InChI is InChI=1S/C14H26NO3.BrH/c1-2-18-14(17)10-15-8-4-3-7-13(15)12(11-16)6-5-9-15;/h12-13,16H,2-11H2,1H3;1H/q+1;/p-1. The summed E-state index contributed by atoms with van der Waals surface area (Å²) in [5.41, 5.74) is 0. The van der Waals surface area contributed by atoms with Crippen LogP contribution in [0.15, 0.2) is 0 Å². The van der Waals surface area contributed by atoms with Gasteiger partial charge in [0.1, 0.15) is 0 Å². The summed E-state index contributed by atoms with van der Waals surface area (Å²) in [6, 6.07) is 0.474. The van der Waals surface area contributed by atoms with Crippen molar-refractivity contribution in [2.24, 2.45) is 5.92 Å². The van der Waals surface area contributed by atoms with Crippen molar-refractivity contribution in [1.29, 1.82) is 0 Å². The lowest BCUT2D eigenvalue weighted by Crippen LogP contribution is -3.00. The summed E-state index contributed by atoms with van der Waals surface area (Å²) in [5.74, 6) is 0.316. The van der Waals surface area contributed by atoms with Crippen LogP contribution in [0.4, 0.5) is 0 Å². The molecule has 3 atom stereocenters. The minimum absolute atomic E-state index is 0. The summed E-state index contributed by atoms with van der Waals surface area (Å²) in [4.78, 5) is 11.9. The highest BCUT2D eigenvalue weighted by Gasteiger charge is 2.47. The van der Waals surface area contributed by atoms with Gasteiger partial charge in [-0.05, 0) is 32.6 Å². The predicted molar refractivity (Wildman–Crippen MR) is 68.9 cm³/mol. The van der Waals surface area contributed by atoms with E-state index < -0.39 is 0 Å². The van der Waals surface area contributed by atoms with Crippen molar-refractivity contribution in [3.63, 3.8) is 0 Å². The molecule has 0 aliphatic carbocycles. The zero-order chi connectivity index (χ0) is 13.0. The molecule has 0 spiro atoms. The molecule has 0 aromatic rings. The second-order valence-electron chi connectivity index (χ2n) is 5.78.